The van der Waals surface area contributed by atoms with Crippen LogP contribution in [-0.2, 0) is 54.4 Å². The van der Waals surface area contributed by atoms with E-state index in [9.17, 15) is 58.2 Å². The molecule has 0 bridgehead atoms. The zero-order chi connectivity index (χ0) is 67.8. The molecule has 1 aliphatic heterocycles. The molecular formula is C56H103FN22O12. The summed E-state index contributed by atoms with van der Waals surface area (Å²) in [6, 6.07) is -11.4. The number of amides is 9. The Morgan fingerprint density at radius 2 is 1.23 bits per heavy atom. The lowest BCUT2D eigenvalue weighted by Gasteiger charge is -2.30. The highest BCUT2D eigenvalue weighted by Gasteiger charge is 2.44. The van der Waals surface area contributed by atoms with Crippen molar-refractivity contribution < 1.29 is 62.5 Å². The molecule has 0 spiro atoms. The number of aromatic amines is 1. The van der Waals surface area contributed by atoms with Gasteiger partial charge in [0.2, 0.25) is 53.2 Å². The van der Waals surface area contributed by atoms with Crippen LogP contribution in [0.15, 0.2) is 29.2 Å². The van der Waals surface area contributed by atoms with E-state index in [1.165, 1.54) is 12.5 Å². The van der Waals surface area contributed by atoms with E-state index in [0.29, 0.717) is 83.2 Å². The molecule has 1 aliphatic rings. The molecule has 11 atom stereocenters. The summed E-state index contributed by atoms with van der Waals surface area (Å²) in [6.07, 6.45) is 2.89. The third kappa shape index (κ3) is 30.1. The van der Waals surface area contributed by atoms with Gasteiger partial charge in [0.15, 0.2) is 11.7 Å². The number of Topliss-reactive ketones (excluding diaryl/α,β-unsaturated/α-hetero) is 1. The smallest absolute Gasteiger partial charge is 0.247 e. The van der Waals surface area contributed by atoms with Crippen molar-refractivity contribution in [3.05, 3.63) is 29.9 Å². The highest BCUT2D eigenvalue weighted by molar-refractivity contribution is 6.00. The zero-order valence-corrected chi connectivity index (χ0v) is 52.1. The number of aliphatic hydroxyl groups is 2. The molecule has 1 aromatic rings. The molecule has 34 nitrogen and oxygen atoms in total. The predicted molar refractivity (Wildman–Crippen MR) is 336 cm³/mol. The van der Waals surface area contributed by atoms with Crippen molar-refractivity contribution in [2.45, 2.75) is 182 Å². The monoisotopic (exact) mass is 1290 g/mol. The van der Waals surface area contributed by atoms with Crippen LogP contribution in [0.2, 0.25) is 0 Å². The number of H-pyrrole nitrogens is 1. The number of aliphatic imine (C=N–C) groups is 1. The number of hydrogen-bond acceptors (Lipinski definition) is 22. The summed E-state index contributed by atoms with van der Waals surface area (Å²) in [4.78, 5) is 150. The Bertz CT molecular complexity index is 2480. The predicted octanol–water partition coefficient (Wildman–Crippen LogP) is -8.20. The van der Waals surface area contributed by atoms with Crippen molar-refractivity contribution in [2.75, 3.05) is 72.0 Å². The first-order valence-corrected chi connectivity index (χ1v) is 31.1. The number of hydrogen-bond donors (Lipinski definition) is 21. The Kier molecular flexibility index (Phi) is 39.4. The fraction of sp³-hybridized carbons (Fsp3) is 0.714. The molecule has 0 saturated carbocycles. The summed E-state index contributed by atoms with van der Waals surface area (Å²) < 4.78 is 15.6. The van der Waals surface area contributed by atoms with E-state index in [1.807, 2.05) is 0 Å². The van der Waals surface area contributed by atoms with Crippen LogP contribution < -0.4 is 99.9 Å². The first kappa shape index (κ1) is 79.7. The fourth-order valence-electron chi connectivity index (χ4n) is 9.63. The van der Waals surface area contributed by atoms with Gasteiger partial charge in [-0.15, -0.1) is 0 Å². The summed E-state index contributed by atoms with van der Waals surface area (Å²) in [6.45, 7) is -0.751. The van der Waals surface area contributed by atoms with E-state index >= 15 is 4.39 Å². The summed E-state index contributed by atoms with van der Waals surface area (Å²) in [5.41, 5.74) is 57.2. The number of carbonyl (C=O) groups is 10. The average Bonchev–Trinajstić information content (AvgIpc) is 2.50. The number of alkyl halides is 1. The maximum absolute atomic E-state index is 15.6. The van der Waals surface area contributed by atoms with Gasteiger partial charge in [0.1, 0.15) is 42.4 Å². The number of carbonyl (C=O) groups excluding carboxylic acids is 10. The van der Waals surface area contributed by atoms with Gasteiger partial charge in [-0.2, -0.15) is 0 Å². The van der Waals surface area contributed by atoms with Crippen LogP contribution in [0.3, 0.4) is 0 Å². The summed E-state index contributed by atoms with van der Waals surface area (Å²) in [7, 11) is 0. The number of aliphatic hydroxyl groups excluding tert-OH is 2. The lowest BCUT2D eigenvalue weighted by molar-refractivity contribution is -0.142. The van der Waals surface area contributed by atoms with Crippen LogP contribution in [0, 0.1) is 0 Å². The van der Waals surface area contributed by atoms with Gasteiger partial charge in [-0.25, -0.2) is 9.37 Å². The Hall–Kier alpha value is -7.35. The van der Waals surface area contributed by atoms with Crippen LogP contribution in [0.1, 0.15) is 115 Å². The molecule has 2 heterocycles. The van der Waals surface area contributed by atoms with Gasteiger partial charge >= 0.3 is 0 Å². The first-order valence-electron chi connectivity index (χ1n) is 31.1. The highest BCUT2D eigenvalue weighted by atomic mass is 19.1. The number of aromatic nitrogens is 2. The Labute approximate surface area is 529 Å². The van der Waals surface area contributed by atoms with Gasteiger partial charge in [-0.3, -0.25) is 52.9 Å². The molecule has 91 heavy (non-hydrogen) atoms. The second-order valence-electron chi connectivity index (χ2n) is 22.2. The second kappa shape index (κ2) is 45.0. The molecule has 0 unspecified atom stereocenters. The Morgan fingerprint density at radius 1 is 0.648 bits per heavy atom. The van der Waals surface area contributed by atoms with E-state index in [1.54, 1.807) is 6.08 Å². The van der Waals surface area contributed by atoms with Crippen molar-refractivity contribution in [1.29, 1.82) is 0 Å². The molecule has 516 valence electrons. The lowest BCUT2D eigenvalue weighted by Crippen LogP contribution is -2.63. The Balaban J connectivity index is 2.38. The van der Waals surface area contributed by atoms with E-state index in [0.717, 1.165) is 4.90 Å². The van der Waals surface area contributed by atoms with Gasteiger partial charge in [-0.1, -0.05) is 12.5 Å². The molecule has 1 aromatic heterocycles. The largest absolute Gasteiger partial charge is 0.389 e. The summed E-state index contributed by atoms with van der Waals surface area (Å²) in [5.74, 6) is -8.62. The number of guanidine groups is 1. The molecule has 9 amide bonds. The first-order chi connectivity index (χ1) is 43.5. The zero-order valence-electron chi connectivity index (χ0n) is 52.1. The van der Waals surface area contributed by atoms with Crippen molar-refractivity contribution in [2.24, 2.45) is 62.3 Å². The third-order valence-electron chi connectivity index (χ3n) is 14.8. The van der Waals surface area contributed by atoms with Crippen LogP contribution in [0.4, 0.5) is 4.39 Å². The molecule has 35 heteroatoms. The number of rotatable bonds is 48. The number of ketones is 1. The number of unbranched alkanes of at least 4 members (excludes halogenated alkanes) is 4. The van der Waals surface area contributed by atoms with E-state index in [4.69, 9.17) is 57.3 Å². The van der Waals surface area contributed by atoms with Gasteiger partial charge in [0.05, 0.1) is 43.7 Å². The number of nitrogens with zero attached hydrogens (tertiary/aromatic N) is 3. The topological polar surface area (TPSA) is 612 Å². The fourth-order valence-corrected chi connectivity index (χ4v) is 9.63. The molecule has 2 rings (SSSR count). The number of nitrogens with two attached hydrogens (primary N) is 10. The van der Waals surface area contributed by atoms with Crippen molar-refractivity contribution >= 4 is 64.9 Å². The minimum Gasteiger partial charge on any atom is -0.389 e. The molecule has 31 N–H and O–H groups in total. The molecular weight excluding hydrogens is 1190 g/mol. The normalized spacial score (nSPS) is 16.9. The van der Waals surface area contributed by atoms with Crippen LogP contribution >= 0.6 is 0 Å². The SMILES string of the molecule is NCCCCNC(=O)[C@H](CCCCN)NC(=O)/C(=C/CCN=C(N)N)CCC(=O)[C@H](CCCCN)NC(=O)[C@H](Cc1cnc[nH]1)NC(=O)[C@@H]1C[C@@H](F)CN1C(=O)[C@@H](CCCN)NC(=O)CNC(=O)[C@@H](NC(=O)[C@@H](NC(=O)[C@@H](N)CCCCN)[C@@H](O)CN)[C@@H](O)CN. The lowest BCUT2D eigenvalue weighted by atomic mass is 9.97. The molecule has 0 radical (unpaired) electrons. The minimum atomic E-state index is -1.88. The van der Waals surface area contributed by atoms with Crippen molar-refractivity contribution in [1.82, 2.24) is 57.4 Å². The van der Waals surface area contributed by atoms with Gasteiger partial charge in [0, 0.05) is 62.9 Å². The quantitative estimate of drug-likeness (QED) is 0.0125. The molecule has 1 fully saturated rings. The number of nitrogens with one attached hydrogen (secondary N) is 9. The standard InChI is InChI=1S/C56H103FN22O12/c57-34-25-41(79(31-34)55(91)39(15-9-22-62)73-45(83)30-71-53(89)46(43(81)27-63)78-54(90)47(44(82)28-64)77-49(85)36(65)12-1-4-18-58)52(88)76-40(26-35-29-68-32-72-35)51(87)74-37(13-2-5-19-59)42(80)17-16-33(11-10-24-70-56(66)67)48(84)75-38(14-3-6-20-60)50(86)69-23-8-7-21-61/h11,29,32,34,36-41,43-44,46-47,81-82H,1-10,12-28,30-31,58-65H2,(H,68,72)(H,69,86)(H,71,89)(H,73,83)(H,74,87)(H,75,84)(H,76,88)(H,77,85)(H,78,90)(H4,66,67,70)/b33-11+/t34-,36+,37+,38+,39-,40+,41+,43+,44+,46+,47+/m1/s1. The molecule has 0 aromatic carbocycles. The number of imidazole rings is 1. The van der Waals surface area contributed by atoms with E-state index in [-0.39, 0.29) is 89.0 Å². The average molecular weight is 1300 g/mol. The summed E-state index contributed by atoms with van der Waals surface area (Å²) in [5, 5.41) is 41.5. The number of halogens is 1. The van der Waals surface area contributed by atoms with Gasteiger partial charge in [-0.05, 0) is 123 Å². The van der Waals surface area contributed by atoms with Gasteiger partial charge in [0.25, 0.3) is 0 Å². The van der Waals surface area contributed by atoms with Crippen LogP contribution in [0.5, 0.6) is 0 Å². The minimum absolute atomic E-state index is 0.0198. The van der Waals surface area contributed by atoms with Gasteiger partial charge < -0.3 is 120 Å². The second-order valence-corrected chi connectivity index (χ2v) is 22.2. The maximum atomic E-state index is 15.6. The van der Waals surface area contributed by atoms with Crippen LogP contribution in [0.25, 0.3) is 0 Å². The summed E-state index contributed by atoms with van der Waals surface area (Å²) >= 11 is 0. The van der Waals surface area contributed by atoms with E-state index in [2.05, 4.69) is 57.5 Å². The molecule has 0 aliphatic carbocycles. The third-order valence-corrected chi connectivity index (χ3v) is 14.8. The molecule has 1 saturated heterocycles. The van der Waals surface area contributed by atoms with Crippen molar-refractivity contribution in [3.8, 4) is 0 Å². The van der Waals surface area contributed by atoms with E-state index < -0.39 is 158 Å². The Morgan fingerprint density at radius 3 is 1.82 bits per heavy atom. The number of likely N-dealkylation sites (tertiary alicyclic amines) is 1. The van der Waals surface area contributed by atoms with Crippen LogP contribution in [-0.4, -0.2) is 229 Å². The highest BCUT2D eigenvalue weighted by Crippen LogP contribution is 2.23. The maximum Gasteiger partial charge on any atom is 0.247 e. The van der Waals surface area contributed by atoms with Crippen molar-refractivity contribution in [3.63, 3.8) is 0 Å².